The predicted octanol–water partition coefficient (Wildman–Crippen LogP) is 6.36. The van der Waals surface area contributed by atoms with Crippen molar-refractivity contribution in [1.82, 2.24) is 0 Å². The molecule has 3 N–H and O–H groups in total. The lowest BCUT2D eigenvalue weighted by Crippen LogP contribution is -2.30. The van der Waals surface area contributed by atoms with Gasteiger partial charge < -0.3 is 15.2 Å². The molecule has 0 aliphatic heterocycles. The Bertz CT molecular complexity index is 822. The van der Waals surface area contributed by atoms with E-state index in [2.05, 4.69) is 11.7 Å². The molecule has 0 saturated carbocycles. The fraction of sp³-hybridized carbons (Fsp3) is 0.296. The second-order valence-electron chi connectivity index (χ2n) is 7.82. The number of benzene rings is 3. The Morgan fingerprint density at radius 1 is 0.871 bits per heavy atom. The average molecular weight is 423 g/mol. The van der Waals surface area contributed by atoms with E-state index in [0.29, 0.717) is 0 Å². The number of nitrogens with two attached hydrogens (primary N) is 1. The van der Waals surface area contributed by atoms with E-state index < -0.39 is 0 Å². The van der Waals surface area contributed by atoms with Crippen molar-refractivity contribution >= 4 is 6.29 Å². The summed E-state index contributed by atoms with van der Waals surface area (Å²) in [7, 11) is 0. The molecule has 3 aromatic rings. The first-order valence-corrected chi connectivity index (χ1v) is 10.5. The van der Waals surface area contributed by atoms with Gasteiger partial charge in [0.25, 0.3) is 5.75 Å². The third-order valence-electron chi connectivity index (χ3n) is 4.35. The van der Waals surface area contributed by atoms with Gasteiger partial charge in [0.2, 0.25) is 12.9 Å². The quantitative estimate of drug-likeness (QED) is 0.371. The van der Waals surface area contributed by atoms with Crippen LogP contribution in [-0.4, -0.2) is 23.2 Å². The standard InChI is InChI=1S/C16H16O3.C6H6.C5H13N/c1-12-10-15(19-14-6-4-3-5-7-14)11-13(2)16(12)18-9-8-17;1-2-4-6-5-3-1;1-4-5(2,3)6/h3-8,10-11H,9H2,1-2H3;1-6H;4,6H2,1-3H3/p+1. The molecule has 0 heterocycles. The molecule has 3 aromatic carbocycles. The number of aldehydes is 1. The van der Waals surface area contributed by atoms with Crippen LogP contribution in [0.1, 0.15) is 38.3 Å². The lowest BCUT2D eigenvalue weighted by molar-refractivity contribution is -0.114. The number of aliphatic hydroxyl groups is 1. The maximum Gasteiger partial charge on any atom is 0.261 e. The third-order valence-corrected chi connectivity index (χ3v) is 4.35. The van der Waals surface area contributed by atoms with E-state index in [9.17, 15) is 4.79 Å². The molecule has 0 fully saturated rings. The van der Waals surface area contributed by atoms with Gasteiger partial charge in [-0.2, -0.15) is 0 Å². The van der Waals surface area contributed by atoms with E-state index in [-0.39, 0.29) is 12.1 Å². The van der Waals surface area contributed by atoms with Crippen LogP contribution in [0.15, 0.2) is 78.9 Å². The largest absolute Gasteiger partial charge is 0.577 e. The van der Waals surface area contributed by atoms with Crippen LogP contribution in [0.3, 0.4) is 0 Å². The molecule has 166 valence electrons. The summed E-state index contributed by atoms with van der Waals surface area (Å²) >= 11 is 0. The van der Waals surface area contributed by atoms with Gasteiger partial charge in [0.15, 0.2) is 0 Å². The van der Waals surface area contributed by atoms with Crippen LogP contribution >= 0.6 is 0 Å². The van der Waals surface area contributed by atoms with Gasteiger partial charge in [0.1, 0.15) is 11.5 Å². The molecule has 0 bridgehead atoms. The lowest BCUT2D eigenvalue weighted by atomic mass is 10.1. The molecule has 0 spiro atoms. The molecule has 0 unspecified atom stereocenters. The van der Waals surface area contributed by atoms with E-state index in [0.717, 1.165) is 41.1 Å². The Morgan fingerprint density at radius 3 is 1.68 bits per heavy atom. The van der Waals surface area contributed by atoms with Crippen molar-refractivity contribution < 1.29 is 14.3 Å². The highest BCUT2D eigenvalue weighted by Crippen LogP contribution is 2.31. The minimum absolute atomic E-state index is 0.0417. The maximum absolute atomic E-state index is 10.4. The molecular weight excluding hydrogens is 386 g/mol. The van der Waals surface area contributed by atoms with Crippen molar-refractivity contribution in [2.45, 2.75) is 46.6 Å². The number of ether oxygens (including phenoxy) is 2. The number of carbonyl (C=O) groups excluding carboxylic acids is 1. The van der Waals surface area contributed by atoms with Crippen molar-refractivity contribution in [3.63, 3.8) is 0 Å². The number of carbonyl (C=O) groups is 1. The Hall–Kier alpha value is -3.11. The zero-order valence-electron chi connectivity index (χ0n) is 19.3. The summed E-state index contributed by atoms with van der Waals surface area (Å²) in [4.78, 5) is 10.4. The molecule has 0 saturated heterocycles. The first-order valence-electron chi connectivity index (χ1n) is 10.5. The normalized spacial score (nSPS) is 10.0. The summed E-state index contributed by atoms with van der Waals surface area (Å²) in [6.45, 7) is 10.3. The monoisotopic (exact) mass is 422 g/mol. The Morgan fingerprint density at radius 2 is 1.29 bits per heavy atom. The molecular formula is C27H36NO3+. The Balaban J connectivity index is 0.000000327. The van der Waals surface area contributed by atoms with Crippen LogP contribution in [0.5, 0.6) is 17.2 Å². The molecule has 0 atom stereocenters. The van der Waals surface area contributed by atoms with Crippen LogP contribution in [0, 0.1) is 13.8 Å². The van der Waals surface area contributed by atoms with Crippen LogP contribution in [0.4, 0.5) is 0 Å². The molecule has 0 aliphatic rings. The number of hydrogen-bond donors (Lipinski definition) is 1. The molecule has 0 aromatic heterocycles. The lowest BCUT2D eigenvalue weighted by Gasteiger charge is -2.13. The van der Waals surface area contributed by atoms with Gasteiger partial charge in [-0.3, -0.25) is 4.79 Å². The van der Waals surface area contributed by atoms with Gasteiger partial charge in [0, 0.05) is 16.7 Å². The minimum Gasteiger partial charge on any atom is -0.577 e. The third kappa shape index (κ3) is 11.6. The van der Waals surface area contributed by atoms with Crippen LogP contribution in [0.2, 0.25) is 0 Å². The van der Waals surface area contributed by atoms with E-state index in [1.165, 1.54) is 0 Å². The number of rotatable bonds is 6. The summed E-state index contributed by atoms with van der Waals surface area (Å²) < 4.78 is 10.0. The zero-order chi connectivity index (χ0) is 23.1. The van der Waals surface area contributed by atoms with E-state index >= 15 is 0 Å². The van der Waals surface area contributed by atoms with Crippen molar-refractivity contribution in [3.8, 4) is 17.2 Å². The van der Waals surface area contributed by atoms with Gasteiger partial charge in [-0.25, -0.2) is 0 Å². The van der Waals surface area contributed by atoms with Gasteiger partial charge >= 0.3 is 0 Å². The van der Waals surface area contributed by atoms with Crippen molar-refractivity contribution in [3.05, 3.63) is 90.0 Å². The predicted molar refractivity (Wildman–Crippen MR) is 130 cm³/mol. The molecule has 4 nitrogen and oxygen atoms in total. The first-order chi connectivity index (χ1) is 14.8. The summed E-state index contributed by atoms with van der Waals surface area (Å²) in [5, 5.41) is 0. The Labute approximate surface area is 187 Å². The van der Waals surface area contributed by atoms with Crippen LogP contribution < -0.4 is 10.5 Å². The number of para-hydroxylation sites is 1. The fourth-order valence-electron chi connectivity index (χ4n) is 2.36. The van der Waals surface area contributed by atoms with Crippen molar-refractivity contribution in [1.29, 1.82) is 0 Å². The summed E-state index contributed by atoms with van der Waals surface area (Å²) in [5.41, 5.74) is 7.59. The van der Waals surface area contributed by atoms with E-state index in [4.69, 9.17) is 10.5 Å². The minimum atomic E-state index is 0.0417. The molecule has 31 heavy (non-hydrogen) atoms. The highest BCUT2D eigenvalue weighted by Gasteiger charge is 2.12. The summed E-state index contributed by atoms with van der Waals surface area (Å²) in [5.74, 6) is 2.46. The Kier molecular flexibility index (Phi) is 11.7. The molecule has 0 amide bonds. The molecule has 0 aliphatic carbocycles. The number of hydrogen-bond acceptors (Lipinski definition) is 3. The number of aryl methyl sites for hydroxylation is 2. The zero-order valence-corrected chi connectivity index (χ0v) is 19.3. The highest BCUT2D eigenvalue weighted by molar-refractivity contribution is 5.52. The summed E-state index contributed by atoms with van der Waals surface area (Å²) in [6.07, 6.45) is 1.85. The van der Waals surface area contributed by atoms with Crippen molar-refractivity contribution in [2.24, 2.45) is 5.73 Å². The van der Waals surface area contributed by atoms with Gasteiger partial charge in [0.05, 0.1) is 0 Å². The van der Waals surface area contributed by atoms with Gasteiger partial charge in [-0.15, -0.1) is 0 Å². The second kappa shape index (κ2) is 14.0. The number of aromatic hydroxyl groups is 1. The first kappa shape index (κ1) is 25.9. The van der Waals surface area contributed by atoms with Crippen LogP contribution in [0.25, 0.3) is 0 Å². The molecule has 0 radical (unpaired) electrons. The molecule has 3 rings (SSSR count). The smallest absolute Gasteiger partial charge is 0.261 e. The topological polar surface area (TPSA) is 65.1 Å². The van der Waals surface area contributed by atoms with Gasteiger partial charge in [-0.1, -0.05) is 61.5 Å². The highest BCUT2D eigenvalue weighted by atomic mass is 16.5. The fourth-order valence-corrected chi connectivity index (χ4v) is 2.36. The van der Waals surface area contributed by atoms with Crippen LogP contribution in [-0.2, 0) is 4.79 Å². The van der Waals surface area contributed by atoms with Crippen molar-refractivity contribution in [2.75, 3.05) is 6.61 Å². The average Bonchev–Trinajstić information content (AvgIpc) is 2.76. The summed E-state index contributed by atoms with van der Waals surface area (Å²) in [6, 6.07) is 25.5. The maximum atomic E-state index is 10.4. The van der Waals surface area contributed by atoms with E-state index in [1.807, 2.05) is 107 Å². The SMILES string of the molecule is CCC(C)(C)N.Cc1cc(Oc2ccccc2)cc(C)c1[OH+]CC=O.c1ccccc1. The van der Waals surface area contributed by atoms with E-state index in [1.54, 1.807) is 0 Å². The van der Waals surface area contributed by atoms with Gasteiger partial charge in [-0.05, 0) is 58.4 Å². The second-order valence-corrected chi connectivity index (χ2v) is 7.82. The molecule has 4 heteroatoms.